The molecule has 2 aromatic rings. The zero-order chi connectivity index (χ0) is 15.8. The highest BCUT2D eigenvalue weighted by Gasteiger charge is 2.38. The first-order valence-corrected chi connectivity index (χ1v) is 8.54. The quantitative estimate of drug-likeness (QED) is 0.754. The first kappa shape index (κ1) is 16.3. The van der Waals surface area contributed by atoms with Crippen molar-refractivity contribution in [1.82, 2.24) is 0 Å². The number of aliphatic carboxylic acids is 1. The molecule has 2 atom stereocenters. The Labute approximate surface area is 130 Å². The van der Waals surface area contributed by atoms with Crippen LogP contribution in [0, 0.1) is 0 Å². The largest absolute Gasteiger partial charge is 0.476 e. The summed E-state index contributed by atoms with van der Waals surface area (Å²) in [5.74, 6) is -2.44. The molecule has 0 aromatic heterocycles. The first-order valence-electron chi connectivity index (χ1n) is 7.03. The Morgan fingerprint density at radius 2 is 1.55 bits per heavy atom. The number of ether oxygens (including phenoxy) is 1. The number of hydrogen-bond acceptors (Lipinski definition) is 3. The molecular formula is C17H18O4P+. The maximum atomic E-state index is 12.2. The summed E-state index contributed by atoms with van der Waals surface area (Å²) in [5, 5.41) is 9.21. The van der Waals surface area contributed by atoms with E-state index in [4.69, 9.17) is 4.74 Å². The van der Waals surface area contributed by atoms with E-state index in [0.717, 1.165) is 11.1 Å². The van der Waals surface area contributed by atoms with Gasteiger partial charge in [-0.15, -0.1) is 0 Å². The molecule has 2 rings (SSSR count). The predicted molar refractivity (Wildman–Crippen MR) is 85.3 cm³/mol. The van der Waals surface area contributed by atoms with E-state index in [-0.39, 0.29) is 6.61 Å². The van der Waals surface area contributed by atoms with Crippen LogP contribution < -0.4 is 0 Å². The van der Waals surface area contributed by atoms with Gasteiger partial charge in [-0.2, -0.15) is 0 Å². The smallest absolute Gasteiger partial charge is 0.384 e. The molecule has 0 fully saturated rings. The normalized spacial score (nSPS) is 12.6. The average Bonchev–Trinajstić information content (AvgIpc) is 2.55. The van der Waals surface area contributed by atoms with Crippen LogP contribution in [-0.2, 0) is 27.1 Å². The van der Waals surface area contributed by atoms with E-state index in [1.807, 2.05) is 60.7 Å². The molecule has 0 amide bonds. The predicted octanol–water partition coefficient (Wildman–Crippen LogP) is 3.68. The van der Waals surface area contributed by atoms with Crippen molar-refractivity contribution >= 4 is 13.8 Å². The second-order valence-electron chi connectivity index (χ2n) is 4.86. The third kappa shape index (κ3) is 5.06. The molecule has 2 aromatic carbocycles. The Morgan fingerprint density at radius 1 is 1.00 bits per heavy atom. The van der Waals surface area contributed by atoms with Crippen molar-refractivity contribution in [3.8, 4) is 0 Å². The Balaban J connectivity index is 1.89. The maximum Gasteiger partial charge on any atom is 0.384 e. The second kappa shape index (κ2) is 8.42. The first-order chi connectivity index (χ1) is 10.7. The molecule has 22 heavy (non-hydrogen) atoms. The van der Waals surface area contributed by atoms with Crippen LogP contribution in [0.3, 0.4) is 0 Å². The van der Waals surface area contributed by atoms with E-state index in [1.54, 1.807) is 0 Å². The summed E-state index contributed by atoms with van der Waals surface area (Å²) in [6.45, 7) is 0.143. The Kier molecular flexibility index (Phi) is 6.26. The summed E-state index contributed by atoms with van der Waals surface area (Å²) in [7, 11) is -1.98. The maximum absolute atomic E-state index is 12.2. The monoisotopic (exact) mass is 317 g/mol. The number of benzene rings is 2. The van der Waals surface area contributed by atoms with Gasteiger partial charge >= 0.3 is 19.6 Å². The van der Waals surface area contributed by atoms with Crippen LogP contribution in [0.25, 0.3) is 0 Å². The van der Waals surface area contributed by atoms with Crippen LogP contribution in [-0.4, -0.2) is 23.1 Å². The molecule has 1 N–H and O–H groups in total. The molecule has 0 aliphatic carbocycles. The zero-order valence-corrected chi connectivity index (χ0v) is 13.0. The molecule has 0 heterocycles. The lowest BCUT2D eigenvalue weighted by molar-refractivity contribution is -0.145. The number of carbonyl (C=O) groups is 1. The third-order valence-corrected chi connectivity index (χ3v) is 4.74. The number of aryl methyl sites for hydroxylation is 1. The van der Waals surface area contributed by atoms with Crippen LogP contribution in [0.5, 0.6) is 0 Å². The highest BCUT2D eigenvalue weighted by atomic mass is 31.1. The van der Waals surface area contributed by atoms with Crippen LogP contribution in [0.2, 0.25) is 0 Å². The minimum Gasteiger partial charge on any atom is -0.476 e. The summed E-state index contributed by atoms with van der Waals surface area (Å²) < 4.78 is 17.6. The lowest BCUT2D eigenvalue weighted by Crippen LogP contribution is -2.21. The summed E-state index contributed by atoms with van der Waals surface area (Å²) in [4.78, 5) is 11.3. The van der Waals surface area contributed by atoms with Crippen LogP contribution in [0.15, 0.2) is 60.7 Å². The van der Waals surface area contributed by atoms with Crippen molar-refractivity contribution in [2.24, 2.45) is 0 Å². The van der Waals surface area contributed by atoms with Gasteiger partial charge in [-0.3, -0.25) is 0 Å². The standard InChI is InChI=1S/C17H17O4P/c18-16(19)17(21-13-15-9-5-2-6-10-15)22(20)12-11-14-7-3-1-4-8-14/h1-10,17H,11-13H2/p+1. The Morgan fingerprint density at radius 3 is 2.09 bits per heavy atom. The van der Waals surface area contributed by atoms with Gasteiger partial charge in [0.2, 0.25) is 0 Å². The van der Waals surface area contributed by atoms with Gasteiger partial charge in [-0.25, -0.2) is 4.79 Å². The van der Waals surface area contributed by atoms with Crippen LogP contribution >= 0.6 is 7.80 Å². The molecule has 5 heteroatoms. The van der Waals surface area contributed by atoms with Gasteiger partial charge in [0.1, 0.15) is 0 Å². The van der Waals surface area contributed by atoms with E-state index in [9.17, 15) is 14.5 Å². The number of carboxylic acids is 1. The van der Waals surface area contributed by atoms with Gasteiger partial charge in [0, 0.05) is 6.42 Å². The fourth-order valence-corrected chi connectivity index (χ4v) is 3.23. The molecular weight excluding hydrogens is 299 g/mol. The third-order valence-electron chi connectivity index (χ3n) is 3.19. The van der Waals surface area contributed by atoms with Gasteiger partial charge in [-0.05, 0) is 11.1 Å². The molecule has 114 valence electrons. The fourth-order valence-electron chi connectivity index (χ4n) is 2.03. The zero-order valence-electron chi connectivity index (χ0n) is 12.1. The topological polar surface area (TPSA) is 63.6 Å². The van der Waals surface area contributed by atoms with Gasteiger partial charge in [0.05, 0.1) is 6.61 Å². The molecule has 4 nitrogen and oxygen atoms in total. The molecule has 0 aliphatic rings. The summed E-state index contributed by atoms with van der Waals surface area (Å²) >= 11 is 0. The lowest BCUT2D eigenvalue weighted by Gasteiger charge is -2.05. The van der Waals surface area contributed by atoms with E-state index in [2.05, 4.69) is 0 Å². The highest BCUT2D eigenvalue weighted by Crippen LogP contribution is 2.31. The van der Waals surface area contributed by atoms with E-state index in [1.165, 1.54) is 0 Å². The summed E-state index contributed by atoms with van der Waals surface area (Å²) in [6.07, 6.45) is 0.875. The molecule has 0 spiro atoms. The average molecular weight is 317 g/mol. The summed E-state index contributed by atoms with van der Waals surface area (Å²) in [5.41, 5.74) is 1.90. The molecule has 2 unspecified atom stereocenters. The van der Waals surface area contributed by atoms with Crippen molar-refractivity contribution < 1.29 is 19.2 Å². The van der Waals surface area contributed by atoms with Crippen molar-refractivity contribution in [2.75, 3.05) is 6.16 Å². The van der Waals surface area contributed by atoms with Crippen molar-refractivity contribution in [2.45, 2.75) is 18.9 Å². The van der Waals surface area contributed by atoms with Crippen molar-refractivity contribution in [1.29, 1.82) is 0 Å². The van der Waals surface area contributed by atoms with Crippen LogP contribution in [0.4, 0.5) is 0 Å². The Bertz CT molecular complexity index is 613. The fraction of sp³-hybridized carbons (Fsp3) is 0.235. The molecule has 0 radical (unpaired) electrons. The number of hydrogen-bond donors (Lipinski definition) is 1. The summed E-state index contributed by atoms with van der Waals surface area (Å²) in [6, 6.07) is 18.9. The van der Waals surface area contributed by atoms with Crippen LogP contribution in [0.1, 0.15) is 11.1 Å². The van der Waals surface area contributed by atoms with Crippen molar-refractivity contribution in [3.63, 3.8) is 0 Å². The van der Waals surface area contributed by atoms with Gasteiger partial charge in [-0.1, -0.05) is 65.2 Å². The molecule has 0 bridgehead atoms. The Hall–Kier alpha value is -2.03. The van der Waals surface area contributed by atoms with Gasteiger partial charge in [0.25, 0.3) is 0 Å². The van der Waals surface area contributed by atoms with E-state index >= 15 is 0 Å². The minimum absolute atomic E-state index is 0.143. The molecule has 0 saturated heterocycles. The van der Waals surface area contributed by atoms with Gasteiger partial charge < -0.3 is 9.84 Å². The van der Waals surface area contributed by atoms with Gasteiger partial charge in [0.15, 0.2) is 6.16 Å². The highest BCUT2D eigenvalue weighted by molar-refractivity contribution is 7.46. The van der Waals surface area contributed by atoms with E-state index < -0.39 is 19.6 Å². The number of rotatable bonds is 8. The molecule has 0 aliphatic heterocycles. The molecule has 0 saturated carbocycles. The lowest BCUT2D eigenvalue weighted by atomic mass is 10.2. The SMILES string of the molecule is O=C(O)C(OCc1ccccc1)[P+](=O)CCc1ccccc1. The minimum atomic E-state index is -1.98. The van der Waals surface area contributed by atoms with Crippen molar-refractivity contribution in [3.05, 3.63) is 71.8 Å². The number of carboxylic acid groups (broad SMARTS) is 1. The van der Waals surface area contributed by atoms with E-state index in [0.29, 0.717) is 12.6 Å². The second-order valence-corrected chi connectivity index (χ2v) is 6.61.